The largest absolute Gasteiger partial charge is 0.454 e. The van der Waals surface area contributed by atoms with Crippen LogP contribution < -0.4 is 16.0 Å². The number of rotatable bonds is 8. The van der Waals surface area contributed by atoms with E-state index in [1.165, 1.54) is 13.1 Å². The lowest BCUT2D eigenvalue weighted by Gasteiger charge is -2.08. The third kappa shape index (κ3) is 6.91. The van der Waals surface area contributed by atoms with Gasteiger partial charge in [0.2, 0.25) is 5.91 Å². The highest BCUT2D eigenvalue weighted by Crippen LogP contribution is 2.10. The van der Waals surface area contributed by atoms with Gasteiger partial charge in [0.05, 0.1) is 6.42 Å². The van der Waals surface area contributed by atoms with Crippen molar-refractivity contribution in [2.45, 2.75) is 6.42 Å². The van der Waals surface area contributed by atoms with E-state index in [9.17, 15) is 19.2 Å². The van der Waals surface area contributed by atoms with Gasteiger partial charge in [0.15, 0.2) is 6.61 Å². The molecule has 0 spiro atoms. The summed E-state index contributed by atoms with van der Waals surface area (Å²) in [5.41, 5.74) is 1.61. The highest BCUT2D eigenvalue weighted by Gasteiger charge is 2.11. The lowest BCUT2D eigenvalue weighted by Crippen LogP contribution is -2.33. The lowest BCUT2D eigenvalue weighted by atomic mass is 10.1. The first-order chi connectivity index (χ1) is 13.5. The molecule has 0 aromatic heterocycles. The van der Waals surface area contributed by atoms with E-state index in [4.69, 9.17) is 4.74 Å². The molecule has 0 bridgehead atoms. The molecule has 2 aromatic carbocycles. The predicted octanol–water partition coefficient (Wildman–Crippen LogP) is 0.887. The Morgan fingerprint density at radius 1 is 0.929 bits per heavy atom. The van der Waals surface area contributed by atoms with Gasteiger partial charge >= 0.3 is 5.97 Å². The van der Waals surface area contributed by atoms with Crippen LogP contribution in [0.3, 0.4) is 0 Å². The second kappa shape index (κ2) is 10.5. The lowest BCUT2D eigenvalue weighted by molar-refractivity contribution is -0.147. The van der Waals surface area contributed by atoms with E-state index in [1.807, 2.05) is 18.2 Å². The molecule has 8 heteroatoms. The van der Waals surface area contributed by atoms with Crippen LogP contribution in [0.5, 0.6) is 0 Å². The number of ether oxygens (including phenoxy) is 1. The van der Waals surface area contributed by atoms with Gasteiger partial charge in [-0.1, -0.05) is 36.4 Å². The SMILES string of the molecule is CNC(=O)c1cccc(NC(=O)COC(=O)CNC(=O)Cc2ccccc2)c1. The van der Waals surface area contributed by atoms with Crippen LogP contribution in [0, 0.1) is 0 Å². The number of benzene rings is 2. The maximum Gasteiger partial charge on any atom is 0.325 e. The van der Waals surface area contributed by atoms with Crippen LogP contribution in [0.2, 0.25) is 0 Å². The molecule has 8 nitrogen and oxygen atoms in total. The Bertz CT molecular complexity index is 852. The Balaban J connectivity index is 1.71. The minimum Gasteiger partial charge on any atom is -0.454 e. The van der Waals surface area contributed by atoms with Crippen LogP contribution in [0.4, 0.5) is 5.69 Å². The zero-order valence-corrected chi connectivity index (χ0v) is 15.4. The molecular weight excluding hydrogens is 362 g/mol. The zero-order chi connectivity index (χ0) is 20.4. The van der Waals surface area contributed by atoms with Gasteiger partial charge < -0.3 is 20.7 Å². The van der Waals surface area contributed by atoms with Crippen LogP contribution in [-0.2, 0) is 25.5 Å². The van der Waals surface area contributed by atoms with E-state index in [0.717, 1.165) is 5.56 Å². The molecule has 28 heavy (non-hydrogen) atoms. The molecule has 3 amide bonds. The van der Waals surface area contributed by atoms with Gasteiger partial charge in [0, 0.05) is 18.3 Å². The predicted molar refractivity (Wildman–Crippen MR) is 103 cm³/mol. The average Bonchev–Trinajstić information content (AvgIpc) is 2.71. The molecule has 3 N–H and O–H groups in total. The number of hydrogen-bond donors (Lipinski definition) is 3. The molecular formula is C20H21N3O5. The number of amides is 3. The number of carbonyl (C=O) groups excluding carboxylic acids is 4. The van der Waals surface area contributed by atoms with Gasteiger partial charge in [0.25, 0.3) is 11.8 Å². The Morgan fingerprint density at radius 2 is 1.68 bits per heavy atom. The molecule has 0 atom stereocenters. The van der Waals surface area contributed by atoms with E-state index < -0.39 is 18.5 Å². The second-order valence-corrected chi connectivity index (χ2v) is 5.81. The van der Waals surface area contributed by atoms with E-state index in [2.05, 4.69) is 16.0 Å². The average molecular weight is 383 g/mol. The fourth-order valence-electron chi connectivity index (χ4n) is 2.29. The second-order valence-electron chi connectivity index (χ2n) is 5.81. The van der Waals surface area contributed by atoms with Crippen molar-refractivity contribution in [3.63, 3.8) is 0 Å². The maximum atomic E-state index is 11.9. The topological polar surface area (TPSA) is 114 Å². The molecule has 0 fully saturated rings. The Morgan fingerprint density at radius 3 is 2.39 bits per heavy atom. The number of carbonyl (C=O) groups is 4. The highest BCUT2D eigenvalue weighted by atomic mass is 16.5. The summed E-state index contributed by atoms with van der Waals surface area (Å²) in [4.78, 5) is 46.9. The zero-order valence-electron chi connectivity index (χ0n) is 15.4. The van der Waals surface area contributed by atoms with Crippen molar-refractivity contribution in [2.75, 3.05) is 25.5 Å². The van der Waals surface area contributed by atoms with Crippen molar-refractivity contribution in [2.24, 2.45) is 0 Å². The van der Waals surface area contributed by atoms with Crippen LogP contribution in [0.15, 0.2) is 54.6 Å². The monoisotopic (exact) mass is 383 g/mol. The standard InChI is InChI=1S/C20H21N3O5/c1-21-20(27)15-8-5-9-16(11-15)23-18(25)13-28-19(26)12-22-17(24)10-14-6-3-2-4-7-14/h2-9,11H,10,12-13H2,1H3,(H,21,27)(H,22,24)(H,23,25). The van der Waals surface area contributed by atoms with E-state index in [-0.39, 0.29) is 24.8 Å². The molecule has 0 saturated carbocycles. The molecule has 2 rings (SSSR count). The Hall–Kier alpha value is -3.68. The minimum absolute atomic E-state index is 0.149. The number of hydrogen-bond acceptors (Lipinski definition) is 5. The molecule has 0 saturated heterocycles. The van der Waals surface area contributed by atoms with E-state index >= 15 is 0 Å². The molecule has 0 heterocycles. The van der Waals surface area contributed by atoms with Crippen LogP contribution in [0.25, 0.3) is 0 Å². The van der Waals surface area contributed by atoms with Gasteiger partial charge in [-0.25, -0.2) is 0 Å². The molecule has 0 radical (unpaired) electrons. The number of esters is 1. The van der Waals surface area contributed by atoms with Gasteiger partial charge in [-0.3, -0.25) is 19.2 Å². The van der Waals surface area contributed by atoms with Crippen molar-refractivity contribution in [3.05, 3.63) is 65.7 Å². The molecule has 0 aliphatic rings. The van der Waals surface area contributed by atoms with Crippen molar-refractivity contribution in [3.8, 4) is 0 Å². The summed E-state index contributed by atoms with van der Waals surface area (Å²) >= 11 is 0. The summed E-state index contributed by atoms with van der Waals surface area (Å²) in [6, 6.07) is 15.4. The van der Waals surface area contributed by atoms with Crippen LogP contribution >= 0.6 is 0 Å². The summed E-state index contributed by atoms with van der Waals surface area (Å²) in [6.07, 6.45) is 0.149. The smallest absolute Gasteiger partial charge is 0.325 e. The van der Waals surface area contributed by atoms with E-state index in [1.54, 1.807) is 30.3 Å². The summed E-state index contributed by atoms with van der Waals surface area (Å²) in [7, 11) is 1.51. The first kappa shape index (κ1) is 20.6. The first-order valence-corrected chi connectivity index (χ1v) is 8.56. The maximum absolute atomic E-state index is 11.9. The quantitative estimate of drug-likeness (QED) is 0.586. The van der Waals surface area contributed by atoms with Crippen molar-refractivity contribution in [1.82, 2.24) is 10.6 Å². The summed E-state index contributed by atoms with van der Waals surface area (Å²) < 4.78 is 4.83. The van der Waals surface area contributed by atoms with Crippen molar-refractivity contribution >= 4 is 29.4 Å². The summed E-state index contributed by atoms with van der Waals surface area (Å²) in [5, 5.41) is 7.46. The van der Waals surface area contributed by atoms with Crippen LogP contribution in [-0.4, -0.2) is 43.9 Å². The molecule has 2 aromatic rings. The number of anilines is 1. The van der Waals surface area contributed by atoms with Gasteiger partial charge in [-0.05, 0) is 23.8 Å². The van der Waals surface area contributed by atoms with Crippen LogP contribution in [0.1, 0.15) is 15.9 Å². The van der Waals surface area contributed by atoms with Gasteiger partial charge in [-0.15, -0.1) is 0 Å². The van der Waals surface area contributed by atoms with Crippen molar-refractivity contribution in [1.29, 1.82) is 0 Å². The summed E-state index contributed by atoms with van der Waals surface area (Å²) in [6.45, 7) is -0.831. The third-order valence-electron chi connectivity index (χ3n) is 3.64. The fraction of sp³-hybridized carbons (Fsp3) is 0.200. The first-order valence-electron chi connectivity index (χ1n) is 8.56. The highest BCUT2D eigenvalue weighted by molar-refractivity contribution is 5.97. The van der Waals surface area contributed by atoms with Crippen molar-refractivity contribution < 1.29 is 23.9 Å². The summed E-state index contributed by atoms with van der Waals surface area (Å²) in [5.74, 6) is -1.89. The molecule has 0 aliphatic carbocycles. The third-order valence-corrected chi connectivity index (χ3v) is 3.64. The fourth-order valence-corrected chi connectivity index (χ4v) is 2.29. The van der Waals surface area contributed by atoms with Gasteiger partial charge in [-0.2, -0.15) is 0 Å². The minimum atomic E-state index is -0.726. The molecule has 0 aliphatic heterocycles. The molecule has 146 valence electrons. The Labute approximate surface area is 162 Å². The molecule has 0 unspecified atom stereocenters. The van der Waals surface area contributed by atoms with Gasteiger partial charge in [0.1, 0.15) is 6.54 Å². The Kier molecular flexibility index (Phi) is 7.71. The number of nitrogens with one attached hydrogen (secondary N) is 3. The normalized spacial score (nSPS) is 9.89. The van der Waals surface area contributed by atoms with E-state index in [0.29, 0.717) is 11.3 Å².